The molecule has 1 aromatic rings. The molecule has 80 valence electrons. The second-order valence-corrected chi connectivity index (χ2v) is 4.29. The Morgan fingerprint density at radius 1 is 1.50 bits per heavy atom. The minimum atomic E-state index is 0.673. The Morgan fingerprint density at radius 3 is 2.79 bits per heavy atom. The molecule has 3 nitrogen and oxygen atoms in total. The van der Waals surface area contributed by atoms with E-state index in [0.29, 0.717) is 5.13 Å². The molecule has 0 aliphatic rings. The Kier molecular flexibility index (Phi) is 4.90. The Morgan fingerprint density at radius 2 is 2.29 bits per heavy atom. The summed E-state index contributed by atoms with van der Waals surface area (Å²) in [5.74, 6) is 0. The van der Waals surface area contributed by atoms with Gasteiger partial charge in [0.2, 0.25) is 0 Å². The minimum Gasteiger partial charge on any atom is -0.375 e. The standard InChI is InChI=1S/C10H19N3S/c1-3-5-6-13(4-2)7-9-8-14-10(11)12-9/h8H,3-7H2,1-2H3,(H2,11,12). The van der Waals surface area contributed by atoms with Gasteiger partial charge < -0.3 is 5.73 Å². The Labute approximate surface area is 89.9 Å². The molecule has 4 heteroatoms. The first-order valence-corrected chi connectivity index (χ1v) is 6.06. The van der Waals surface area contributed by atoms with Crippen molar-refractivity contribution < 1.29 is 0 Å². The van der Waals surface area contributed by atoms with E-state index in [1.807, 2.05) is 5.38 Å². The number of nitrogens with two attached hydrogens (primary N) is 1. The van der Waals surface area contributed by atoms with Crippen molar-refractivity contribution >= 4 is 16.5 Å². The molecule has 1 aromatic heterocycles. The first-order chi connectivity index (χ1) is 6.76. The predicted molar refractivity (Wildman–Crippen MR) is 62.4 cm³/mol. The number of rotatable bonds is 6. The van der Waals surface area contributed by atoms with Gasteiger partial charge in [-0.15, -0.1) is 11.3 Å². The lowest BCUT2D eigenvalue weighted by Gasteiger charge is -2.18. The zero-order valence-corrected chi connectivity index (χ0v) is 9.81. The summed E-state index contributed by atoms with van der Waals surface area (Å²) in [6.07, 6.45) is 2.50. The van der Waals surface area contributed by atoms with E-state index in [1.165, 1.54) is 24.2 Å². The summed E-state index contributed by atoms with van der Waals surface area (Å²) in [6.45, 7) is 7.58. The highest BCUT2D eigenvalue weighted by Gasteiger charge is 2.05. The van der Waals surface area contributed by atoms with E-state index in [-0.39, 0.29) is 0 Å². The van der Waals surface area contributed by atoms with Gasteiger partial charge in [-0.2, -0.15) is 0 Å². The third kappa shape index (κ3) is 3.64. The van der Waals surface area contributed by atoms with Crippen LogP contribution in [0.15, 0.2) is 5.38 Å². The van der Waals surface area contributed by atoms with Crippen molar-refractivity contribution in [2.45, 2.75) is 33.2 Å². The number of hydrogen-bond acceptors (Lipinski definition) is 4. The molecule has 0 spiro atoms. The van der Waals surface area contributed by atoms with Crippen molar-refractivity contribution in [2.75, 3.05) is 18.8 Å². The number of hydrogen-bond donors (Lipinski definition) is 1. The molecule has 0 bridgehead atoms. The molecule has 0 fully saturated rings. The molecule has 0 atom stereocenters. The lowest BCUT2D eigenvalue weighted by molar-refractivity contribution is 0.273. The number of nitrogen functional groups attached to an aromatic ring is 1. The summed E-state index contributed by atoms with van der Waals surface area (Å²) < 4.78 is 0. The van der Waals surface area contributed by atoms with E-state index >= 15 is 0 Å². The maximum Gasteiger partial charge on any atom is 0.180 e. The maximum atomic E-state index is 5.58. The molecule has 0 aliphatic carbocycles. The number of nitrogens with zero attached hydrogens (tertiary/aromatic N) is 2. The lowest BCUT2D eigenvalue weighted by Crippen LogP contribution is -2.24. The van der Waals surface area contributed by atoms with E-state index in [9.17, 15) is 0 Å². The third-order valence-electron chi connectivity index (χ3n) is 2.23. The van der Waals surface area contributed by atoms with Gasteiger partial charge in [0.15, 0.2) is 5.13 Å². The largest absolute Gasteiger partial charge is 0.375 e. The summed E-state index contributed by atoms with van der Waals surface area (Å²) in [5, 5.41) is 2.72. The van der Waals surface area contributed by atoms with Crippen molar-refractivity contribution in [3.05, 3.63) is 11.1 Å². The van der Waals surface area contributed by atoms with Crippen LogP contribution in [0.5, 0.6) is 0 Å². The average molecular weight is 213 g/mol. The lowest BCUT2D eigenvalue weighted by atomic mass is 10.3. The van der Waals surface area contributed by atoms with Gasteiger partial charge in [-0.05, 0) is 19.5 Å². The molecule has 0 radical (unpaired) electrons. The highest BCUT2D eigenvalue weighted by atomic mass is 32.1. The summed E-state index contributed by atoms with van der Waals surface area (Å²) in [5.41, 5.74) is 6.69. The SMILES string of the molecule is CCCCN(CC)Cc1csc(N)n1. The van der Waals surface area contributed by atoms with Crippen molar-refractivity contribution in [3.63, 3.8) is 0 Å². The highest BCUT2D eigenvalue weighted by Crippen LogP contribution is 2.13. The molecule has 14 heavy (non-hydrogen) atoms. The second-order valence-electron chi connectivity index (χ2n) is 3.40. The molecule has 0 aliphatic heterocycles. The summed E-state index contributed by atoms with van der Waals surface area (Å²) in [7, 11) is 0. The van der Waals surface area contributed by atoms with Gasteiger partial charge in [-0.25, -0.2) is 4.98 Å². The quantitative estimate of drug-likeness (QED) is 0.788. The first kappa shape index (κ1) is 11.5. The van der Waals surface area contributed by atoms with Crippen LogP contribution in [-0.2, 0) is 6.54 Å². The second kappa shape index (κ2) is 5.98. The molecular weight excluding hydrogens is 194 g/mol. The van der Waals surface area contributed by atoms with Crippen LogP contribution in [-0.4, -0.2) is 23.0 Å². The van der Waals surface area contributed by atoms with Crippen molar-refractivity contribution in [1.82, 2.24) is 9.88 Å². The molecule has 2 N–H and O–H groups in total. The fraction of sp³-hybridized carbons (Fsp3) is 0.700. The monoisotopic (exact) mass is 213 g/mol. The summed E-state index contributed by atoms with van der Waals surface area (Å²) in [6, 6.07) is 0. The Bertz CT molecular complexity index is 260. The van der Waals surface area contributed by atoms with Crippen LogP contribution in [0.1, 0.15) is 32.4 Å². The Balaban J connectivity index is 2.40. The van der Waals surface area contributed by atoms with Crippen LogP contribution in [0, 0.1) is 0 Å². The zero-order chi connectivity index (χ0) is 10.4. The molecule has 1 heterocycles. The molecule has 0 unspecified atom stereocenters. The van der Waals surface area contributed by atoms with Gasteiger partial charge in [-0.3, -0.25) is 4.90 Å². The summed E-state index contributed by atoms with van der Waals surface area (Å²) >= 11 is 1.52. The van der Waals surface area contributed by atoms with E-state index in [4.69, 9.17) is 5.73 Å². The predicted octanol–water partition coefficient (Wildman–Crippen LogP) is 2.35. The number of unbranched alkanes of at least 4 members (excludes halogenated alkanes) is 1. The van der Waals surface area contributed by atoms with E-state index in [2.05, 4.69) is 23.7 Å². The number of thiazole rings is 1. The third-order valence-corrected chi connectivity index (χ3v) is 2.95. The zero-order valence-electron chi connectivity index (χ0n) is 8.99. The van der Waals surface area contributed by atoms with Crippen LogP contribution >= 0.6 is 11.3 Å². The molecule has 0 aromatic carbocycles. The molecule has 0 saturated carbocycles. The highest BCUT2D eigenvalue weighted by molar-refractivity contribution is 7.13. The van der Waals surface area contributed by atoms with Crippen molar-refractivity contribution in [2.24, 2.45) is 0 Å². The maximum absolute atomic E-state index is 5.58. The van der Waals surface area contributed by atoms with Crippen molar-refractivity contribution in [1.29, 1.82) is 0 Å². The molecule has 0 amide bonds. The van der Waals surface area contributed by atoms with Crippen LogP contribution in [0.2, 0.25) is 0 Å². The smallest absolute Gasteiger partial charge is 0.180 e. The normalized spacial score (nSPS) is 11.1. The van der Waals surface area contributed by atoms with Crippen LogP contribution in [0.25, 0.3) is 0 Å². The topological polar surface area (TPSA) is 42.1 Å². The molecule has 1 rings (SSSR count). The average Bonchev–Trinajstić information content (AvgIpc) is 2.58. The first-order valence-electron chi connectivity index (χ1n) is 5.18. The van der Waals surface area contributed by atoms with E-state index in [1.54, 1.807) is 0 Å². The van der Waals surface area contributed by atoms with E-state index < -0.39 is 0 Å². The van der Waals surface area contributed by atoms with Crippen LogP contribution < -0.4 is 5.73 Å². The Hall–Kier alpha value is -0.610. The fourth-order valence-electron chi connectivity index (χ4n) is 1.36. The van der Waals surface area contributed by atoms with Crippen molar-refractivity contribution in [3.8, 4) is 0 Å². The number of anilines is 1. The summed E-state index contributed by atoms with van der Waals surface area (Å²) in [4.78, 5) is 6.66. The van der Waals surface area contributed by atoms with Gasteiger partial charge in [0, 0.05) is 11.9 Å². The van der Waals surface area contributed by atoms with Gasteiger partial charge in [0.25, 0.3) is 0 Å². The van der Waals surface area contributed by atoms with Crippen LogP contribution in [0.4, 0.5) is 5.13 Å². The number of aromatic nitrogens is 1. The van der Waals surface area contributed by atoms with Crippen LogP contribution in [0.3, 0.4) is 0 Å². The molecular formula is C10H19N3S. The van der Waals surface area contributed by atoms with Gasteiger partial charge in [0.05, 0.1) is 5.69 Å². The molecule has 0 saturated heterocycles. The fourth-order valence-corrected chi connectivity index (χ4v) is 1.91. The minimum absolute atomic E-state index is 0.673. The van der Waals surface area contributed by atoms with E-state index in [0.717, 1.165) is 25.3 Å². The van der Waals surface area contributed by atoms with Gasteiger partial charge in [-0.1, -0.05) is 20.3 Å². The van der Waals surface area contributed by atoms with Gasteiger partial charge in [0.1, 0.15) is 0 Å². The van der Waals surface area contributed by atoms with Gasteiger partial charge >= 0.3 is 0 Å².